The number of aliphatic carboxylic acids is 1. The number of hydrogen-bond acceptors (Lipinski definition) is 2. The molecule has 0 aromatic carbocycles. The molecule has 1 amide bonds. The fourth-order valence-corrected chi connectivity index (χ4v) is 4.69. The number of likely N-dealkylation sites (tertiary alicyclic amines) is 1. The van der Waals surface area contributed by atoms with Crippen molar-refractivity contribution in [3.63, 3.8) is 0 Å². The van der Waals surface area contributed by atoms with Gasteiger partial charge in [0.05, 0.1) is 6.42 Å². The highest BCUT2D eigenvalue weighted by Gasteiger charge is 2.43. The van der Waals surface area contributed by atoms with Crippen LogP contribution >= 0.6 is 0 Å². The van der Waals surface area contributed by atoms with Crippen molar-refractivity contribution in [1.29, 1.82) is 0 Å². The van der Waals surface area contributed by atoms with Crippen molar-refractivity contribution >= 4 is 11.9 Å². The summed E-state index contributed by atoms with van der Waals surface area (Å²) >= 11 is 0. The number of amides is 1. The fourth-order valence-electron chi connectivity index (χ4n) is 4.69. The van der Waals surface area contributed by atoms with Crippen molar-refractivity contribution in [3.05, 3.63) is 0 Å². The average Bonchev–Trinajstić information content (AvgIpc) is 3.00. The summed E-state index contributed by atoms with van der Waals surface area (Å²) < 4.78 is 0. The summed E-state index contributed by atoms with van der Waals surface area (Å²) in [6.07, 6.45) is 9.39. The number of fused-ring (bicyclic) bond motifs is 2. The lowest BCUT2D eigenvalue weighted by atomic mass is 9.69. The molecule has 2 aliphatic carbocycles. The third kappa shape index (κ3) is 2.70. The highest BCUT2D eigenvalue weighted by Crippen LogP contribution is 2.44. The van der Waals surface area contributed by atoms with Gasteiger partial charge in [0.1, 0.15) is 0 Å². The highest BCUT2D eigenvalue weighted by molar-refractivity contribution is 5.79. The number of rotatable bonds is 4. The molecule has 0 radical (unpaired) electrons. The second kappa shape index (κ2) is 5.38. The Balaban J connectivity index is 1.66. The molecular weight excluding hydrogens is 254 g/mol. The SMILES string of the molecule is O=C(O)CC1(CC(=O)N2CC3CCC2C3)CCCCC1. The van der Waals surface area contributed by atoms with Crippen molar-refractivity contribution in [3.8, 4) is 0 Å². The molecule has 3 aliphatic rings. The minimum Gasteiger partial charge on any atom is -0.481 e. The Morgan fingerprint density at radius 3 is 2.40 bits per heavy atom. The van der Waals surface area contributed by atoms with Crippen LogP contribution in [0.5, 0.6) is 0 Å². The number of piperidine rings is 1. The number of hydrogen-bond donors (Lipinski definition) is 1. The molecule has 0 aromatic rings. The largest absolute Gasteiger partial charge is 0.481 e. The predicted molar refractivity (Wildman–Crippen MR) is 75.2 cm³/mol. The zero-order valence-electron chi connectivity index (χ0n) is 12.1. The summed E-state index contributed by atoms with van der Waals surface area (Å²) in [4.78, 5) is 25.9. The van der Waals surface area contributed by atoms with E-state index < -0.39 is 5.97 Å². The van der Waals surface area contributed by atoms with E-state index in [-0.39, 0.29) is 17.7 Å². The topological polar surface area (TPSA) is 57.6 Å². The fraction of sp³-hybridized carbons (Fsp3) is 0.875. The number of carboxylic acid groups (broad SMARTS) is 1. The van der Waals surface area contributed by atoms with Gasteiger partial charge >= 0.3 is 5.97 Å². The molecule has 2 atom stereocenters. The molecule has 1 heterocycles. The molecule has 4 nitrogen and oxygen atoms in total. The Hall–Kier alpha value is -1.06. The average molecular weight is 279 g/mol. The van der Waals surface area contributed by atoms with Gasteiger partial charge in [-0.1, -0.05) is 19.3 Å². The van der Waals surface area contributed by atoms with Gasteiger partial charge in [-0.15, -0.1) is 0 Å². The molecule has 2 bridgehead atoms. The van der Waals surface area contributed by atoms with Gasteiger partial charge in [0, 0.05) is 19.0 Å². The zero-order valence-corrected chi connectivity index (χ0v) is 12.1. The first-order chi connectivity index (χ1) is 9.58. The summed E-state index contributed by atoms with van der Waals surface area (Å²) in [7, 11) is 0. The number of carbonyl (C=O) groups excluding carboxylic acids is 1. The second-order valence-corrected chi connectivity index (χ2v) is 7.19. The third-order valence-electron chi connectivity index (χ3n) is 5.70. The van der Waals surface area contributed by atoms with Crippen LogP contribution in [0, 0.1) is 11.3 Å². The second-order valence-electron chi connectivity index (χ2n) is 7.19. The summed E-state index contributed by atoms with van der Waals surface area (Å²) in [5.74, 6) is 0.189. The third-order valence-corrected chi connectivity index (χ3v) is 5.70. The van der Waals surface area contributed by atoms with Gasteiger partial charge < -0.3 is 10.0 Å². The maximum atomic E-state index is 12.6. The molecule has 0 aromatic heterocycles. The van der Waals surface area contributed by atoms with E-state index in [1.807, 2.05) is 0 Å². The lowest BCUT2D eigenvalue weighted by molar-refractivity contribution is -0.143. The predicted octanol–water partition coefficient (Wildman–Crippen LogP) is 2.81. The first-order valence-corrected chi connectivity index (χ1v) is 8.09. The Morgan fingerprint density at radius 1 is 1.10 bits per heavy atom. The molecule has 3 fully saturated rings. The summed E-state index contributed by atoms with van der Waals surface area (Å²) in [6.45, 7) is 0.923. The maximum Gasteiger partial charge on any atom is 0.303 e. The van der Waals surface area contributed by atoms with Gasteiger partial charge in [-0.25, -0.2) is 0 Å². The van der Waals surface area contributed by atoms with Gasteiger partial charge in [0.2, 0.25) is 5.91 Å². The zero-order chi connectivity index (χ0) is 14.2. The van der Waals surface area contributed by atoms with Crippen molar-refractivity contribution in [2.45, 2.75) is 70.3 Å². The van der Waals surface area contributed by atoms with E-state index in [1.165, 1.54) is 19.3 Å². The molecule has 2 saturated carbocycles. The van der Waals surface area contributed by atoms with Crippen LogP contribution in [0.3, 0.4) is 0 Å². The molecule has 20 heavy (non-hydrogen) atoms. The minimum absolute atomic E-state index is 0.167. The van der Waals surface area contributed by atoms with Crippen LogP contribution < -0.4 is 0 Å². The molecular formula is C16H25NO3. The Kier molecular flexibility index (Phi) is 3.74. The van der Waals surface area contributed by atoms with E-state index in [9.17, 15) is 14.7 Å². The minimum atomic E-state index is -0.748. The summed E-state index contributed by atoms with van der Waals surface area (Å²) in [5.41, 5.74) is -0.261. The highest BCUT2D eigenvalue weighted by atomic mass is 16.4. The van der Waals surface area contributed by atoms with Gasteiger partial charge in [-0.2, -0.15) is 0 Å². The quantitative estimate of drug-likeness (QED) is 0.861. The van der Waals surface area contributed by atoms with E-state index in [1.54, 1.807) is 0 Å². The molecule has 2 unspecified atom stereocenters. The molecule has 4 heteroatoms. The smallest absolute Gasteiger partial charge is 0.303 e. The first-order valence-electron chi connectivity index (χ1n) is 8.09. The van der Waals surface area contributed by atoms with E-state index >= 15 is 0 Å². The maximum absolute atomic E-state index is 12.6. The van der Waals surface area contributed by atoms with Crippen LogP contribution in [-0.4, -0.2) is 34.5 Å². The summed E-state index contributed by atoms with van der Waals surface area (Å²) in [5, 5.41) is 9.19. The van der Waals surface area contributed by atoms with Crippen LogP contribution in [0.15, 0.2) is 0 Å². The van der Waals surface area contributed by atoms with Gasteiger partial charge in [-0.05, 0) is 43.4 Å². The van der Waals surface area contributed by atoms with E-state index in [2.05, 4.69) is 4.90 Å². The Morgan fingerprint density at radius 2 is 1.85 bits per heavy atom. The molecule has 1 saturated heterocycles. The van der Waals surface area contributed by atoms with Crippen LogP contribution in [0.25, 0.3) is 0 Å². The van der Waals surface area contributed by atoms with Gasteiger partial charge in [0.25, 0.3) is 0 Å². The van der Waals surface area contributed by atoms with Crippen molar-refractivity contribution in [1.82, 2.24) is 4.90 Å². The van der Waals surface area contributed by atoms with Crippen molar-refractivity contribution in [2.75, 3.05) is 6.54 Å². The lowest BCUT2D eigenvalue weighted by Gasteiger charge is -2.38. The van der Waals surface area contributed by atoms with Gasteiger partial charge in [-0.3, -0.25) is 9.59 Å². The Bertz CT molecular complexity index is 401. The van der Waals surface area contributed by atoms with Crippen LogP contribution in [0.4, 0.5) is 0 Å². The molecule has 3 rings (SSSR count). The standard InChI is InChI=1S/C16H25NO3/c18-14(17-11-12-4-5-13(17)8-12)9-16(10-15(19)20)6-2-1-3-7-16/h12-13H,1-11H2,(H,19,20). The molecule has 0 spiro atoms. The van der Waals surface area contributed by atoms with Crippen LogP contribution in [0.2, 0.25) is 0 Å². The van der Waals surface area contributed by atoms with Crippen molar-refractivity contribution < 1.29 is 14.7 Å². The lowest BCUT2D eigenvalue weighted by Crippen LogP contribution is -2.41. The Labute approximate surface area is 120 Å². The van der Waals surface area contributed by atoms with Crippen LogP contribution in [-0.2, 0) is 9.59 Å². The normalized spacial score (nSPS) is 31.5. The van der Waals surface area contributed by atoms with Crippen molar-refractivity contribution in [2.24, 2.45) is 11.3 Å². The molecule has 1 aliphatic heterocycles. The monoisotopic (exact) mass is 279 g/mol. The number of carboxylic acids is 1. The van der Waals surface area contributed by atoms with Gasteiger partial charge in [0.15, 0.2) is 0 Å². The molecule has 1 N–H and O–H groups in total. The summed E-state index contributed by atoms with van der Waals surface area (Å²) in [6, 6.07) is 0.456. The first kappa shape index (κ1) is 13.9. The van der Waals surface area contributed by atoms with E-state index in [0.29, 0.717) is 18.4 Å². The number of carbonyl (C=O) groups is 2. The molecule has 112 valence electrons. The van der Waals surface area contributed by atoms with Crippen LogP contribution in [0.1, 0.15) is 64.2 Å². The van der Waals surface area contributed by atoms with E-state index in [4.69, 9.17) is 0 Å². The van der Waals surface area contributed by atoms with E-state index in [0.717, 1.165) is 38.6 Å². The number of nitrogens with zero attached hydrogens (tertiary/aromatic N) is 1.